The second kappa shape index (κ2) is 5.75. The summed E-state index contributed by atoms with van der Waals surface area (Å²) >= 11 is 0. The van der Waals surface area contributed by atoms with Gasteiger partial charge in [0.1, 0.15) is 5.78 Å². The highest BCUT2D eigenvalue weighted by atomic mass is 16.1. The molecule has 104 valence electrons. The molecule has 18 heavy (non-hydrogen) atoms. The lowest BCUT2D eigenvalue weighted by Crippen LogP contribution is -2.36. The van der Waals surface area contributed by atoms with E-state index in [1.54, 1.807) is 0 Å². The van der Waals surface area contributed by atoms with E-state index in [1.807, 2.05) is 0 Å². The standard InChI is InChI=1S/C17H30O/c1-11(2)14-5-6-17(18)16(10-14)15-8-12(3)7-13(4)9-15/h11-16H,5-10H2,1-4H3. The fourth-order valence-corrected chi connectivity index (χ4v) is 4.49. The molecule has 0 heterocycles. The van der Waals surface area contributed by atoms with Gasteiger partial charge < -0.3 is 0 Å². The molecule has 2 aliphatic carbocycles. The molecule has 2 aliphatic rings. The Labute approximate surface area is 113 Å². The summed E-state index contributed by atoms with van der Waals surface area (Å²) in [6, 6.07) is 0. The molecule has 0 spiro atoms. The fraction of sp³-hybridized carbons (Fsp3) is 0.941. The van der Waals surface area contributed by atoms with Crippen molar-refractivity contribution in [2.75, 3.05) is 0 Å². The van der Waals surface area contributed by atoms with Crippen LogP contribution in [-0.2, 0) is 4.79 Å². The molecule has 2 rings (SSSR count). The third-order valence-corrected chi connectivity index (χ3v) is 5.46. The molecule has 0 amide bonds. The molecule has 0 bridgehead atoms. The molecule has 4 atom stereocenters. The van der Waals surface area contributed by atoms with Gasteiger partial charge in [-0.05, 0) is 61.7 Å². The van der Waals surface area contributed by atoms with Crippen molar-refractivity contribution in [1.29, 1.82) is 0 Å². The van der Waals surface area contributed by atoms with Crippen LogP contribution in [0.2, 0.25) is 0 Å². The molecule has 1 nitrogen and oxygen atoms in total. The Morgan fingerprint density at radius 1 is 1.00 bits per heavy atom. The SMILES string of the molecule is CC1CC(C)CC(C2CC(C(C)C)CCC2=O)C1. The van der Waals surface area contributed by atoms with Crippen LogP contribution in [0.4, 0.5) is 0 Å². The van der Waals surface area contributed by atoms with E-state index >= 15 is 0 Å². The molecule has 4 unspecified atom stereocenters. The van der Waals surface area contributed by atoms with Gasteiger partial charge in [-0.3, -0.25) is 4.79 Å². The number of Topliss-reactive ketones (excluding diaryl/α,β-unsaturated/α-hetero) is 1. The van der Waals surface area contributed by atoms with Gasteiger partial charge in [0.15, 0.2) is 0 Å². The van der Waals surface area contributed by atoms with E-state index in [0.717, 1.165) is 36.5 Å². The second-order valence-corrected chi connectivity index (χ2v) is 7.53. The zero-order valence-electron chi connectivity index (χ0n) is 12.6. The van der Waals surface area contributed by atoms with Gasteiger partial charge in [-0.15, -0.1) is 0 Å². The minimum absolute atomic E-state index is 0.399. The Hall–Kier alpha value is -0.330. The highest BCUT2D eigenvalue weighted by molar-refractivity contribution is 5.82. The van der Waals surface area contributed by atoms with Crippen LogP contribution in [-0.4, -0.2) is 5.78 Å². The van der Waals surface area contributed by atoms with Crippen molar-refractivity contribution in [3.63, 3.8) is 0 Å². The number of carbonyl (C=O) groups is 1. The highest BCUT2D eigenvalue weighted by Crippen LogP contribution is 2.43. The van der Waals surface area contributed by atoms with Gasteiger partial charge in [-0.1, -0.05) is 27.7 Å². The van der Waals surface area contributed by atoms with Gasteiger partial charge in [-0.25, -0.2) is 0 Å². The minimum Gasteiger partial charge on any atom is -0.299 e. The summed E-state index contributed by atoms with van der Waals surface area (Å²) in [4.78, 5) is 12.3. The molecule has 0 radical (unpaired) electrons. The monoisotopic (exact) mass is 250 g/mol. The summed E-state index contributed by atoms with van der Waals surface area (Å²) in [7, 11) is 0. The second-order valence-electron chi connectivity index (χ2n) is 7.53. The minimum atomic E-state index is 0.399. The van der Waals surface area contributed by atoms with E-state index in [1.165, 1.54) is 25.7 Å². The molecule has 2 fully saturated rings. The van der Waals surface area contributed by atoms with Gasteiger partial charge in [0, 0.05) is 12.3 Å². The maximum Gasteiger partial charge on any atom is 0.136 e. The third-order valence-electron chi connectivity index (χ3n) is 5.46. The van der Waals surface area contributed by atoms with E-state index in [4.69, 9.17) is 0 Å². The van der Waals surface area contributed by atoms with Crippen LogP contribution in [0.3, 0.4) is 0 Å². The topological polar surface area (TPSA) is 17.1 Å². The maximum absolute atomic E-state index is 12.3. The quantitative estimate of drug-likeness (QED) is 0.694. The Kier molecular flexibility index (Phi) is 4.50. The highest BCUT2D eigenvalue weighted by Gasteiger charge is 2.38. The van der Waals surface area contributed by atoms with Crippen molar-refractivity contribution in [2.45, 2.75) is 66.2 Å². The van der Waals surface area contributed by atoms with Crippen LogP contribution in [0.15, 0.2) is 0 Å². The first-order valence-electron chi connectivity index (χ1n) is 8.00. The van der Waals surface area contributed by atoms with Crippen LogP contribution in [0.25, 0.3) is 0 Å². The molecule has 2 saturated carbocycles. The van der Waals surface area contributed by atoms with Gasteiger partial charge in [0.2, 0.25) is 0 Å². The average molecular weight is 250 g/mol. The van der Waals surface area contributed by atoms with Crippen molar-refractivity contribution in [3.8, 4) is 0 Å². The molecule has 0 saturated heterocycles. The van der Waals surface area contributed by atoms with E-state index in [0.29, 0.717) is 17.6 Å². The van der Waals surface area contributed by atoms with Crippen LogP contribution < -0.4 is 0 Å². The predicted molar refractivity (Wildman–Crippen MR) is 76.3 cm³/mol. The van der Waals surface area contributed by atoms with Crippen molar-refractivity contribution in [1.82, 2.24) is 0 Å². The maximum atomic E-state index is 12.3. The van der Waals surface area contributed by atoms with Crippen LogP contribution in [0, 0.1) is 35.5 Å². The first-order valence-corrected chi connectivity index (χ1v) is 8.00. The summed E-state index contributed by atoms with van der Waals surface area (Å²) in [6.07, 6.45) is 7.14. The molecule has 1 heteroatoms. The van der Waals surface area contributed by atoms with Gasteiger partial charge in [0.05, 0.1) is 0 Å². The molecular formula is C17H30O. The zero-order chi connectivity index (χ0) is 13.3. The van der Waals surface area contributed by atoms with E-state index < -0.39 is 0 Å². The zero-order valence-corrected chi connectivity index (χ0v) is 12.6. The van der Waals surface area contributed by atoms with Crippen molar-refractivity contribution in [2.24, 2.45) is 35.5 Å². The van der Waals surface area contributed by atoms with Crippen molar-refractivity contribution in [3.05, 3.63) is 0 Å². The fourth-order valence-electron chi connectivity index (χ4n) is 4.49. The van der Waals surface area contributed by atoms with E-state index in [9.17, 15) is 4.79 Å². The summed E-state index contributed by atoms with van der Waals surface area (Å²) in [6.45, 7) is 9.39. The molecule has 0 aromatic carbocycles. The summed E-state index contributed by atoms with van der Waals surface area (Å²) in [5.74, 6) is 4.86. The Bertz CT molecular complexity index is 284. The Balaban J connectivity index is 2.03. The number of hydrogen-bond acceptors (Lipinski definition) is 1. The summed E-state index contributed by atoms with van der Waals surface area (Å²) in [5.41, 5.74) is 0. The lowest BCUT2D eigenvalue weighted by atomic mass is 9.64. The number of hydrogen-bond donors (Lipinski definition) is 0. The molecule has 0 N–H and O–H groups in total. The molecule has 0 aromatic heterocycles. The predicted octanol–water partition coefficient (Wildman–Crippen LogP) is 4.70. The normalized spacial score (nSPS) is 42.3. The average Bonchev–Trinajstić information content (AvgIpc) is 2.27. The van der Waals surface area contributed by atoms with Gasteiger partial charge >= 0.3 is 0 Å². The number of ketones is 1. The first kappa shape index (κ1) is 14.1. The summed E-state index contributed by atoms with van der Waals surface area (Å²) < 4.78 is 0. The third kappa shape index (κ3) is 3.16. The molecule has 0 aromatic rings. The smallest absolute Gasteiger partial charge is 0.136 e. The van der Waals surface area contributed by atoms with Gasteiger partial charge in [0.25, 0.3) is 0 Å². The summed E-state index contributed by atoms with van der Waals surface area (Å²) in [5, 5.41) is 0. The molecular weight excluding hydrogens is 220 g/mol. The number of rotatable bonds is 2. The van der Waals surface area contributed by atoms with Crippen molar-refractivity contribution < 1.29 is 4.79 Å². The number of carbonyl (C=O) groups excluding carboxylic acids is 1. The Morgan fingerprint density at radius 2 is 1.61 bits per heavy atom. The van der Waals surface area contributed by atoms with Crippen LogP contribution >= 0.6 is 0 Å². The Morgan fingerprint density at radius 3 is 2.17 bits per heavy atom. The van der Waals surface area contributed by atoms with Gasteiger partial charge in [-0.2, -0.15) is 0 Å². The lowest BCUT2D eigenvalue weighted by Gasteiger charge is -2.40. The molecule has 0 aliphatic heterocycles. The first-order chi connectivity index (χ1) is 8.47. The van der Waals surface area contributed by atoms with Crippen LogP contribution in [0.5, 0.6) is 0 Å². The van der Waals surface area contributed by atoms with Crippen LogP contribution in [0.1, 0.15) is 66.2 Å². The van der Waals surface area contributed by atoms with E-state index in [2.05, 4.69) is 27.7 Å². The lowest BCUT2D eigenvalue weighted by molar-refractivity contribution is -0.129. The van der Waals surface area contributed by atoms with E-state index in [-0.39, 0.29) is 0 Å². The van der Waals surface area contributed by atoms with Crippen molar-refractivity contribution >= 4 is 5.78 Å². The largest absolute Gasteiger partial charge is 0.299 e.